The van der Waals surface area contributed by atoms with Crippen molar-refractivity contribution in [2.45, 2.75) is 31.2 Å². The van der Waals surface area contributed by atoms with Gasteiger partial charge in [-0.05, 0) is 13.8 Å². The maximum Gasteiger partial charge on any atom is 0.333 e. The summed E-state index contributed by atoms with van der Waals surface area (Å²) in [6.07, 6.45) is -0.174. The summed E-state index contributed by atoms with van der Waals surface area (Å²) in [6, 6.07) is 0. The van der Waals surface area contributed by atoms with E-state index in [0.29, 0.717) is 0 Å². The summed E-state index contributed by atoms with van der Waals surface area (Å²) in [6.45, 7) is 6.57. The highest BCUT2D eigenvalue weighted by Gasteiger charge is 2.38. The molecule has 0 fully saturated rings. The number of hydrogen-bond acceptors (Lipinski definition) is 5. The zero-order valence-corrected chi connectivity index (χ0v) is 10.9. The molecule has 5 nitrogen and oxygen atoms in total. The molecule has 0 aromatic carbocycles. The van der Waals surface area contributed by atoms with E-state index < -0.39 is 22.9 Å². The minimum atomic E-state index is -1.63. The van der Waals surface area contributed by atoms with Crippen molar-refractivity contribution in [1.29, 1.82) is 0 Å². The van der Waals surface area contributed by atoms with Gasteiger partial charge in [-0.3, -0.25) is 4.79 Å². The van der Waals surface area contributed by atoms with Crippen LogP contribution in [0.25, 0.3) is 0 Å². The van der Waals surface area contributed by atoms with Crippen molar-refractivity contribution in [3.8, 4) is 0 Å². The second-order valence-electron chi connectivity index (χ2n) is 3.74. The predicted molar refractivity (Wildman–Crippen MR) is 62.7 cm³/mol. The lowest BCUT2D eigenvalue weighted by molar-refractivity contribution is -0.148. The number of carbonyl (C=O) groups excluding carboxylic acids is 2. The molecular weight excluding hydrogens is 248 g/mol. The normalized spacial score (nSPS) is 15.6. The van der Waals surface area contributed by atoms with Gasteiger partial charge in [-0.2, -0.15) is 0 Å². The third-order valence-corrected chi connectivity index (χ3v) is 2.73. The summed E-state index contributed by atoms with van der Waals surface area (Å²) in [5.41, 5.74) is -1.59. The first kappa shape index (κ1) is 15.9. The molecule has 0 saturated carbocycles. The number of methoxy groups -OCH3 is 1. The molecule has 17 heavy (non-hydrogen) atoms. The number of esters is 2. The van der Waals surface area contributed by atoms with Crippen LogP contribution in [0, 0.1) is 0 Å². The van der Waals surface area contributed by atoms with Crippen LogP contribution in [-0.4, -0.2) is 41.7 Å². The lowest BCUT2D eigenvalue weighted by Crippen LogP contribution is -2.42. The fourth-order valence-corrected chi connectivity index (χ4v) is 1.35. The van der Waals surface area contributed by atoms with Crippen LogP contribution in [0.3, 0.4) is 0 Å². The van der Waals surface area contributed by atoms with Crippen LogP contribution in [0.5, 0.6) is 0 Å². The number of rotatable bonds is 6. The van der Waals surface area contributed by atoms with E-state index >= 15 is 0 Å². The van der Waals surface area contributed by atoms with Crippen molar-refractivity contribution in [3.05, 3.63) is 12.2 Å². The van der Waals surface area contributed by atoms with Crippen LogP contribution < -0.4 is 0 Å². The molecule has 0 aliphatic carbocycles. The lowest BCUT2D eigenvalue weighted by atomic mass is 9.93. The standard InChI is InChI=1S/C11H17ClO5/c1-5-17-10(14)8(12)11(3,15)6-7(2)9(13)16-4/h8,15H,2,5-6H2,1,3-4H3. The van der Waals surface area contributed by atoms with Crippen molar-refractivity contribution in [2.75, 3.05) is 13.7 Å². The summed E-state index contributed by atoms with van der Waals surface area (Å²) in [4.78, 5) is 22.5. The van der Waals surface area contributed by atoms with Gasteiger partial charge in [-0.1, -0.05) is 6.58 Å². The number of carbonyl (C=O) groups is 2. The molecule has 0 bridgehead atoms. The van der Waals surface area contributed by atoms with Gasteiger partial charge < -0.3 is 14.6 Å². The Morgan fingerprint density at radius 2 is 2.06 bits per heavy atom. The van der Waals surface area contributed by atoms with Gasteiger partial charge in [0.1, 0.15) is 0 Å². The van der Waals surface area contributed by atoms with Gasteiger partial charge in [0.05, 0.1) is 19.3 Å². The maximum absolute atomic E-state index is 11.4. The van der Waals surface area contributed by atoms with E-state index in [9.17, 15) is 14.7 Å². The van der Waals surface area contributed by atoms with Gasteiger partial charge >= 0.3 is 11.9 Å². The summed E-state index contributed by atoms with van der Waals surface area (Å²) in [7, 11) is 1.20. The van der Waals surface area contributed by atoms with Crippen molar-refractivity contribution in [3.63, 3.8) is 0 Å². The van der Waals surface area contributed by atoms with E-state index in [-0.39, 0.29) is 18.6 Å². The number of hydrogen-bond donors (Lipinski definition) is 1. The smallest absolute Gasteiger partial charge is 0.333 e. The van der Waals surface area contributed by atoms with Gasteiger partial charge in [0, 0.05) is 12.0 Å². The Hall–Kier alpha value is -1.07. The van der Waals surface area contributed by atoms with Crippen LogP contribution in [0.15, 0.2) is 12.2 Å². The molecule has 2 unspecified atom stereocenters. The van der Waals surface area contributed by atoms with Crippen LogP contribution >= 0.6 is 11.6 Å². The summed E-state index contributed by atoms with van der Waals surface area (Å²) >= 11 is 5.78. The molecule has 0 radical (unpaired) electrons. The van der Waals surface area contributed by atoms with Gasteiger partial charge in [0.15, 0.2) is 5.38 Å². The highest BCUT2D eigenvalue weighted by atomic mass is 35.5. The largest absolute Gasteiger partial charge is 0.466 e. The summed E-state index contributed by atoms with van der Waals surface area (Å²) < 4.78 is 9.12. The Morgan fingerprint density at radius 1 is 1.53 bits per heavy atom. The third kappa shape index (κ3) is 4.75. The molecule has 98 valence electrons. The van der Waals surface area contributed by atoms with E-state index in [1.807, 2.05) is 0 Å². The first-order chi connectivity index (χ1) is 7.76. The van der Waals surface area contributed by atoms with Crippen LogP contribution in [0.1, 0.15) is 20.3 Å². The number of aliphatic hydroxyl groups is 1. The quantitative estimate of drug-likeness (QED) is 0.441. The molecule has 6 heteroatoms. The van der Waals surface area contributed by atoms with Crippen molar-refractivity contribution in [1.82, 2.24) is 0 Å². The second kappa shape index (κ2) is 6.61. The first-order valence-corrected chi connectivity index (χ1v) is 5.49. The van der Waals surface area contributed by atoms with Gasteiger partial charge in [0.2, 0.25) is 0 Å². The molecule has 0 aliphatic rings. The molecule has 0 aliphatic heterocycles. The topological polar surface area (TPSA) is 72.8 Å². The monoisotopic (exact) mass is 264 g/mol. The molecule has 0 heterocycles. The Morgan fingerprint density at radius 3 is 2.47 bits per heavy atom. The number of ether oxygens (including phenoxy) is 2. The van der Waals surface area contributed by atoms with Gasteiger partial charge in [-0.25, -0.2) is 4.79 Å². The third-order valence-electron chi connectivity index (χ3n) is 2.08. The Balaban J connectivity index is 4.61. The fourth-order valence-electron chi connectivity index (χ4n) is 1.21. The van der Waals surface area contributed by atoms with E-state index in [1.54, 1.807) is 6.92 Å². The molecule has 2 atom stereocenters. The van der Waals surface area contributed by atoms with Crippen molar-refractivity contribution >= 4 is 23.5 Å². The van der Waals surface area contributed by atoms with Crippen LogP contribution in [0.2, 0.25) is 0 Å². The summed E-state index contributed by atoms with van der Waals surface area (Å²) in [5.74, 6) is -1.39. The zero-order valence-electron chi connectivity index (χ0n) is 10.2. The van der Waals surface area contributed by atoms with Crippen molar-refractivity contribution in [2.24, 2.45) is 0 Å². The first-order valence-electron chi connectivity index (χ1n) is 5.05. The molecule has 0 saturated heterocycles. The average Bonchev–Trinajstić information content (AvgIpc) is 2.26. The number of halogens is 1. The highest BCUT2D eigenvalue weighted by Crippen LogP contribution is 2.25. The predicted octanol–water partition coefficient (Wildman–Crippen LogP) is 1.03. The van der Waals surface area contributed by atoms with Crippen LogP contribution in [-0.2, 0) is 19.1 Å². The van der Waals surface area contributed by atoms with Gasteiger partial charge in [0.25, 0.3) is 0 Å². The van der Waals surface area contributed by atoms with E-state index in [0.717, 1.165) is 0 Å². The Bertz CT molecular complexity index is 311. The molecule has 0 aromatic rings. The Labute approximate surface area is 105 Å². The maximum atomic E-state index is 11.4. The van der Waals surface area contributed by atoms with Crippen LogP contribution in [0.4, 0.5) is 0 Å². The highest BCUT2D eigenvalue weighted by molar-refractivity contribution is 6.30. The average molecular weight is 265 g/mol. The molecule has 1 N–H and O–H groups in total. The second-order valence-corrected chi connectivity index (χ2v) is 4.18. The van der Waals surface area contributed by atoms with E-state index in [2.05, 4.69) is 16.1 Å². The minimum absolute atomic E-state index is 0.0347. The summed E-state index contributed by atoms with van der Waals surface area (Å²) in [5, 5.41) is 8.72. The molecule has 0 aromatic heterocycles. The molecular formula is C11H17ClO5. The number of alkyl halides is 1. The lowest BCUT2D eigenvalue weighted by Gasteiger charge is -2.27. The minimum Gasteiger partial charge on any atom is -0.466 e. The molecule has 0 amide bonds. The fraction of sp³-hybridized carbons (Fsp3) is 0.636. The molecule has 0 spiro atoms. The van der Waals surface area contributed by atoms with Gasteiger partial charge in [-0.15, -0.1) is 11.6 Å². The Kier molecular flexibility index (Phi) is 6.20. The van der Waals surface area contributed by atoms with E-state index in [4.69, 9.17) is 11.6 Å². The van der Waals surface area contributed by atoms with E-state index in [1.165, 1.54) is 14.0 Å². The van der Waals surface area contributed by atoms with Crippen molar-refractivity contribution < 1.29 is 24.2 Å². The molecule has 0 rings (SSSR count). The SMILES string of the molecule is C=C(CC(C)(O)C(Cl)C(=O)OCC)C(=O)OC. The zero-order chi connectivity index (χ0) is 13.6.